The van der Waals surface area contributed by atoms with E-state index in [0.29, 0.717) is 6.42 Å². The molecule has 6 nitrogen and oxygen atoms in total. The van der Waals surface area contributed by atoms with E-state index in [0.717, 1.165) is 0 Å². The number of ether oxygens (including phenoxy) is 1. The lowest BCUT2D eigenvalue weighted by Gasteiger charge is -2.15. The van der Waals surface area contributed by atoms with E-state index < -0.39 is 34.8 Å². The second-order valence-electron chi connectivity index (χ2n) is 5.96. The topological polar surface area (TPSA) is 84.5 Å². The van der Waals surface area contributed by atoms with Crippen LogP contribution in [0.4, 0.5) is 13.2 Å². The molecule has 2 N–H and O–H groups in total. The third-order valence-electron chi connectivity index (χ3n) is 3.41. The van der Waals surface area contributed by atoms with Gasteiger partial charge in [-0.1, -0.05) is 6.92 Å². The van der Waals surface area contributed by atoms with Gasteiger partial charge in [-0.2, -0.15) is 13.2 Å². The second-order valence-corrected chi connectivity index (χ2v) is 7.67. The molecule has 0 aliphatic heterocycles. The summed E-state index contributed by atoms with van der Waals surface area (Å²) in [5, 5.41) is 2.49. The molecule has 0 radical (unpaired) electrons. The maximum atomic E-state index is 12.1. The summed E-state index contributed by atoms with van der Waals surface area (Å²) in [5.41, 5.74) is 0.190. The number of carbonyl (C=O) groups excluding carboxylic acids is 1. The van der Waals surface area contributed by atoms with Gasteiger partial charge in [0.1, 0.15) is 6.61 Å². The number of carbonyl (C=O) groups is 1. The van der Waals surface area contributed by atoms with E-state index in [-0.39, 0.29) is 23.1 Å². The summed E-state index contributed by atoms with van der Waals surface area (Å²) in [6, 6.07) is 4.41. The minimum absolute atomic E-state index is 0.0240. The highest BCUT2D eigenvalue weighted by Gasteiger charge is 2.27. The molecular weight excluding hydrogens is 373 g/mol. The molecule has 26 heavy (non-hydrogen) atoms. The quantitative estimate of drug-likeness (QED) is 0.672. The molecular formula is C16H23F3N2O4S. The van der Waals surface area contributed by atoms with Gasteiger partial charge in [-0.15, -0.1) is 0 Å². The van der Waals surface area contributed by atoms with Crippen molar-refractivity contribution in [2.24, 2.45) is 0 Å². The third-order valence-corrected chi connectivity index (χ3v) is 5.01. The van der Waals surface area contributed by atoms with Crippen molar-refractivity contribution in [1.29, 1.82) is 0 Å². The Morgan fingerprint density at radius 3 is 2.23 bits per heavy atom. The maximum absolute atomic E-state index is 12.1. The Morgan fingerprint density at radius 1 is 1.15 bits per heavy atom. The van der Waals surface area contributed by atoms with E-state index in [1.54, 1.807) is 6.92 Å². The first-order valence-corrected chi connectivity index (χ1v) is 9.50. The lowest BCUT2D eigenvalue weighted by molar-refractivity contribution is -0.174. The molecule has 0 bridgehead atoms. The van der Waals surface area contributed by atoms with Crippen molar-refractivity contribution in [3.05, 3.63) is 29.8 Å². The Bertz CT molecular complexity index is 690. The lowest BCUT2D eigenvalue weighted by Crippen LogP contribution is -2.37. The van der Waals surface area contributed by atoms with Gasteiger partial charge in [-0.05, 0) is 44.5 Å². The first kappa shape index (κ1) is 22.4. The van der Waals surface area contributed by atoms with Crippen LogP contribution < -0.4 is 10.0 Å². The van der Waals surface area contributed by atoms with Crippen LogP contribution in [0.25, 0.3) is 0 Å². The molecule has 0 heterocycles. The van der Waals surface area contributed by atoms with Crippen molar-refractivity contribution in [3.63, 3.8) is 0 Å². The number of hydrogen-bond acceptors (Lipinski definition) is 4. The molecule has 0 saturated heterocycles. The Balaban J connectivity index is 2.63. The van der Waals surface area contributed by atoms with Crippen molar-refractivity contribution in [3.8, 4) is 0 Å². The number of hydrogen-bond donors (Lipinski definition) is 2. The summed E-state index contributed by atoms with van der Waals surface area (Å²) >= 11 is 0. The van der Waals surface area contributed by atoms with E-state index in [1.165, 1.54) is 31.2 Å². The number of amides is 1. The predicted molar refractivity (Wildman–Crippen MR) is 90.3 cm³/mol. The van der Waals surface area contributed by atoms with Gasteiger partial charge >= 0.3 is 6.18 Å². The van der Waals surface area contributed by atoms with E-state index in [1.807, 2.05) is 6.92 Å². The van der Waals surface area contributed by atoms with E-state index in [2.05, 4.69) is 14.8 Å². The van der Waals surface area contributed by atoms with Gasteiger partial charge in [0.2, 0.25) is 10.0 Å². The molecule has 2 atom stereocenters. The normalized spacial score (nSPS) is 14.7. The molecule has 0 aliphatic rings. The number of nitrogens with one attached hydrogen (secondary N) is 2. The molecule has 1 aromatic carbocycles. The van der Waals surface area contributed by atoms with Crippen LogP contribution in [-0.4, -0.2) is 45.8 Å². The summed E-state index contributed by atoms with van der Waals surface area (Å²) in [4.78, 5) is 12.1. The molecule has 1 rings (SSSR count). The number of benzene rings is 1. The van der Waals surface area contributed by atoms with E-state index in [9.17, 15) is 26.4 Å². The number of rotatable bonds is 9. The van der Waals surface area contributed by atoms with Crippen LogP contribution in [-0.2, 0) is 14.8 Å². The number of halogens is 3. The average Bonchev–Trinajstić information content (AvgIpc) is 2.53. The zero-order valence-electron chi connectivity index (χ0n) is 14.8. The lowest BCUT2D eigenvalue weighted by atomic mass is 10.2. The van der Waals surface area contributed by atoms with Crippen LogP contribution in [0.5, 0.6) is 0 Å². The van der Waals surface area contributed by atoms with Crippen LogP contribution in [0, 0.1) is 0 Å². The number of sulfonamides is 1. The smallest absolute Gasteiger partial charge is 0.370 e. The van der Waals surface area contributed by atoms with Gasteiger partial charge in [0, 0.05) is 17.6 Å². The van der Waals surface area contributed by atoms with E-state index in [4.69, 9.17) is 0 Å². The fraction of sp³-hybridized carbons (Fsp3) is 0.562. The van der Waals surface area contributed by atoms with Crippen molar-refractivity contribution >= 4 is 15.9 Å². The Morgan fingerprint density at radius 2 is 1.73 bits per heavy atom. The Labute approximate surface area is 151 Å². The molecule has 1 amide bonds. The van der Waals surface area contributed by atoms with Crippen molar-refractivity contribution in [2.75, 3.05) is 13.2 Å². The Hall–Kier alpha value is -1.65. The van der Waals surface area contributed by atoms with Gasteiger partial charge in [-0.3, -0.25) is 4.79 Å². The van der Waals surface area contributed by atoms with Crippen molar-refractivity contribution < 1.29 is 31.1 Å². The van der Waals surface area contributed by atoms with Gasteiger partial charge in [0.05, 0.1) is 11.5 Å². The summed E-state index contributed by atoms with van der Waals surface area (Å²) in [7, 11) is -3.67. The molecule has 0 fully saturated rings. The summed E-state index contributed by atoms with van der Waals surface area (Å²) in [6.45, 7) is 3.41. The highest BCUT2D eigenvalue weighted by atomic mass is 32.2. The average molecular weight is 396 g/mol. The van der Waals surface area contributed by atoms with Crippen LogP contribution >= 0.6 is 0 Å². The highest BCUT2D eigenvalue weighted by Crippen LogP contribution is 2.15. The molecule has 0 saturated carbocycles. The molecule has 10 heteroatoms. The fourth-order valence-electron chi connectivity index (χ4n) is 1.90. The largest absolute Gasteiger partial charge is 0.411 e. The molecule has 1 aromatic rings. The minimum Gasteiger partial charge on any atom is -0.370 e. The first-order chi connectivity index (χ1) is 11.9. The van der Waals surface area contributed by atoms with Crippen LogP contribution in [0.15, 0.2) is 29.2 Å². The van der Waals surface area contributed by atoms with E-state index >= 15 is 0 Å². The minimum atomic E-state index is -4.42. The number of alkyl halides is 3. The van der Waals surface area contributed by atoms with Crippen LogP contribution in [0.3, 0.4) is 0 Å². The summed E-state index contributed by atoms with van der Waals surface area (Å²) in [6.07, 6.45) is -3.79. The van der Waals surface area contributed by atoms with Crippen molar-refractivity contribution in [1.82, 2.24) is 10.0 Å². The summed E-state index contributed by atoms with van der Waals surface area (Å²) < 4.78 is 67.3. The van der Waals surface area contributed by atoms with Gasteiger partial charge in [0.15, 0.2) is 0 Å². The molecule has 0 aromatic heterocycles. The SMILES string of the molecule is CCC(C)NS(=O)(=O)c1ccc(C(=O)NC(C)COCC(F)(F)F)cc1. The molecule has 0 spiro atoms. The highest BCUT2D eigenvalue weighted by molar-refractivity contribution is 7.89. The second kappa shape index (κ2) is 9.33. The molecule has 0 aliphatic carbocycles. The maximum Gasteiger partial charge on any atom is 0.411 e. The monoisotopic (exact) mass is 396 g/mol. The molecule has 148 valence electrons. The standard InChI is InChI=1S/C16H23F3N2O4S/c1-4-11(2)21-26(23,24)14-7-5-13(6-8-14)15(22)20-12(3)9-25-10-16(17,18)19/h5-8,11-12,21H,4,9-10H2,1-3H3,(H,20,22). The predicted octanol–water partition coefficient (Wildman–Crippen LogP) is 2.46. The first-order valence-electron chi connectivity index (χ1n) is 8.02. The zero-order valence-corrected chi connectivity index (χ0v) is 15.6. The Kier molecular flexibility index (Phi) is 8.04. The van der Waals surface area contributed by atoms with Gasteiger partial charge < -0.3 is 10.1 Å². The summed E-state index contributed by atoms with van der Waals surface area (Å²) in [5.74, 6) is -0.535. The zero-order chi connectivity index (χ0) is 20.0. The molecule has 2 unspecified atom stereocenters. The van der Waals surface area contributed by atoms with Crippen LogP contribution in [0.1, 0.15) is 37.6 Å². The fourth-order valence-corrected chi connectivity index (χ4v) is 3.23. The van der Waals surface area contributed by atoms with Gasteiger partial charge in [-0.25, -0.2) is 13.1 Å². The van der Waals surface area contributed by atoms with Crippen LogP contribution in [0.2, 0.25) is 0 Å². The third kappa shape index (κ3) is 7.71. The van der Waals surface area contributed by atoms with Crippen molar-refractivity contribution in [2.45, 2.75) is 50.3 Å². The van der Waals surface area contributed by atoms with Gasteiger partial charge in [0.25, 0.3) is 5.91 Å².